The quantitative estimate of drug-likeness (QED) is 0.553. The Morgan fingerprint density at radius 1 is 1.07 bits per heavy atom. The average Bonchev–Trinajstić information content (AvgIpc) is 3.09. The first-order valence-corrected chi connectivity index (χ1v) is 9.53. The van der Waals surface area contributed by atoms with Crippen molar-refractivity contribution in [1.82, 2.24) is 10.3 Å². The summed E-state index contributed by atoms with van der Waals surface area (Å²) in [6, 6.07) is 12.2. The third-order valence-electron chi connectivity index (χ3n) is 3.65. The minimum absolute atomic E-state index is 0.0855. The van der Waals surface area contributed by atoms with E-state index in [2.05, 4.69) is 20.9 Å². The first-order valence-electron chi connectivity index (χ1n) is 8.27. The maximum atomic E-state index is 12.9. The minimum atomic E-state index is -0.504. The molecule has 0 bridgehead atoms. The number of hydrogen-bond acceptors (Lipinski definition) is 4. The van der Waals surface area contributed by atoms with E-state index in [0.717, 1.165) is 5.56 Å². The highest BCUT2D eigenvalue weighted by atomic mass is 35.5. The molecule has 0 aliphatic heterocycles. The van der Waals surface area contributed by atoms with Gasteiger partial charge in [0, 0.05) is 22.6 Å². The van der Waals surface area contributed by atoms with Gasteiger partial charge in [0.2, 0.25) is 5.91 Å². The van der Waals surface area contributed by atoms with E-state index in [4.69, 9.17) is 11.6 Å². The maximum absolute atomic E-state index is 12.9. The molecule has 1 heterocycles. The van der Waals surface area contributed by atoms with Crippen LogP contribution in [0.4, 0.5) is 20.0 Å². The van der Waals surface area contributed by atoms with Gasteiger partial charge in [-0.3, -0.25) is 10.1 Å². The second-order valence-electron chi connectivity index (χ2n) is 5.77. The zero-order chi connectivity index (χ0) is 19.9. The smallest absolute Gasteiger partial charge is 0.325 e. The molecule has 9 heteroatoms. The molecule has 2 aromatic carbocycles. The van der Waals surface area contributed by atoms with Gasteiger partial charge in [0.15, 0.2) is 5.13 Å². The van der Waals surface area contributed by atoms with E-state index in [1.54, 1.807) is 11.4 Å². The van der Waals surface area contributed by atoms with E-state index in [-0.39, 0.29) is 18.1 Å². The van der Waals surface area contributed by atoms with Crippen molar-refractivity contribution >= 4 is 45.7 Å². The van der Waals surface area contributed by atoms with Crippen molar-refractivity contribution in [2.24, 2.45) is 0 Å². The van der Waals surface area contributed by atoms with Crippen LogP contribution in [0.1, 0.15) is 11.3 Å². The van der Waals surface area contributed by atoms with Crippen molar-refractivity contribution in [1.29, 1.82) is 0 Å². The maximum Gasteiger partial charge on any atom is 0.325 e. The Kier molecular flexibility index (Phi) is 6.57. The van der Waals surface area contributed by atoms with Crippen molar-refractivity contribution in [2.75, 3.05) is 10.6 Å². The zero-order valence-electron chi connectivity index (χ0n) is 14.5. The molecule has 0 spiro atoms. The first-order chi connectivity index (χ1) is 13.5. The summed E-state index contributed by atoms with van der Waals surface area (Å²) in [6.45, 7) is 0.327. The second kappa shape index (κ2) is 9.29. The lowest BCUT2D eigenvalue weighted by Gasteiger charge is -2.06. The third-order valence-corrected chi connectivity index (χ3v) is 4.83. The highest BCUT2D eigenvalue weighted by Gasteiger charge is 2.10. The molecule has 0 saturated carbocycles. The van der Waals surface area contributed by atoms with E-state index < -0.39 is 6.03 Å². The molecule has 0 saturated heterocycles. The molecule has 0 radical (unpaired) electrons. The lowest BCUT2D eigenvalue weighted by molar-refractivity contribution is -0.120. The van der Waals surface area contributed by atoms with Crippen molar-refractivity contribution in [3.8, 4) is 0 Å². The number of anilines is 2. The number of nitrogens with one attached hydrogen (secondary N) is 3. The van der Waals surface area contributed by atoms with Crippen LogP contribution in [0.3, 0.4) is 0 Å². The van der Waals surface area contributed by atoms with E-state index in [9.17, 15) is 14.0 Å². The SMILES string of the molecule is O=C(Cc1csc(NC(=O)Nc2ccc(F)cc2)n1)NCc1ccccc1Cl. The van der Waals surface area contributed by atoms with Gasteiger partial charge < -0.3 is 10.6 Å². The molecule has 0 fully saturated rings. The van der Waals surface area contributed by atoms with E-state index in [1.807, 2.05) is 18.2 Å². The number of nitrogens with zero attached hydrogens (tertiary/aromatic N) is 1. The molecule has 0 atom stereocenters. The Balaban J connectivity index is 1.48. The third kappa shape index (κ3) is 5.77. The molecule has 1 aromatic heterocycles. The Hall–Kier alpha value is -2.97. The fourth-order valence-electron chi connectivity index (χ4n) is 2.30. The number of halogens is 2. The van der Waals surface area contributed by atoms with Crippen molar-refractivity contribution < 1.29 is 14.0 Å². The monoisotopic (exact) mass is 418 g/mol. The van der Waals surface area contributed by atoms with Crippen molar-refractivity contribution in [2.45, 2.75) is 13.0 Å². The van der Waals surface area contributed by atoms with Gasteiger partial charge in [0.05, 0.1) is 12.1 Å². The van der Waals surface area contributed by atoms with Gasteiger partial charge in [0.25, 0.3) is 0 Å². The van der Waals surface area contributed by atoms with Gasteiger partial charge in [-0.1, -0.05) is 29.8 Å². The van der Waals surface area contributed by atoms with Gasteiger partial charge in [0.1, 0.15) is 5.82 Å². The van der Waals surface area contributed by atoms with E-state index in [0.29, 0.717) is 28.1 Å². The van der Waals surface area contributed by atoms with Crippen molar-refractivity contribution in [3.05, 3.63) is 76.0 Å². The Morgan fingerprint density at radius 3 is 2.57 bits per heavy atom. The molecule has 6 nitrogen and oxygen atoms in total. The average molecular weight is 419 g/mol. The molecule has 3 N–H and O–H groups in total. The fraction of sp³-hybridized carbons (Fsp3) is 0.105. The van der Waals surface area contributed by atoms with Crippen LogP contribution >= 0.6 is 22.9 Å². The van der Waals surface area contributed by atoms with Crippen LogP contribution in [0.15, 0.2) is 53.9 Å². The number of amides is 3. The molecule has 0 unspecified atom stereocenters. The summed E-state index contributed by atoms with van der Waals surface area (Å²) >= 11 is 7.26. The molecule has 0 aliphatic rings. The number of rotatable bonds is 6. The second-order valence-corrected chi connectivity index (χ2v) is 7.04. The summed E-state index contributed by atoms with van der Waals surface area (Å²) < 4.78 is 12.9. The van der Waals surface area contributed by atoms with Crippen LogP contribution in [0, 0.1) is 5.82 Å². The molecule has 3 amide bonds. The molecule has 3 rings (SSSR count). The molecule has 3 aromatic rings. The lowest BCUT2D eigenvalue weighted by Crippen LogP contribution is -2.25. The summed E-state index contributed by atoms with van der Waals surface area (Å²) in [5.41, 5.74) is 1.82. The summed E-state index contributed by atoms with van der Waals surface area (Å²) in [4.78, 5) is 28.2. The number of carbonyl (C=O) groups excluding carboxylic acids is 2. The van der Waals surface area contributed by atoms with E-state index >= 15 is 0 Å². The minimum Gasteiger partial charge on any atom is -0.352 e. The number of thiazole rings is 1. The number of aromatic nitrogens is 1. The van der Waals surface area contributed by atoms with Crippen LogP contribution in [0.5, 0.6) is 0 Å². The van der Waals surface area contributed by atoms with Crippen molar-refractivity contribution in [3.63, 3.8) is 0 Å². The molecule has 144 valence electrons. The van der Waals surface area contributed by atoms with Gasteiger partial charge in [-0.25, -0.2) is 14.2 Å². The fourth-order valence-corrected chi connectivity index (χ4v) is 3.21. The van der Waals surface area contributed by atoms with Crippen LogP contribution in [-0.2, 0) is 17.8 Å². The predicted molar refractivity (Wildman–Crippen MR) is 108 cm³/mol. The predicted octanol–water partition coefficient (Wildman–Crippen LogP) is 4.44. The number of benzene rings is 2. The largest absolute Gasteiger partial charge is 0.352 e. The topological polar surface area (TPSA) is 83.1 Å². The standard InChI is InChI=1S/C19H16ClFN4O2S/c20-16-4-2-1-3-12(16)10-22-17(26)9-15-11-28-19(24-15)25-18(27)23-14-7-5-13(21)6-8-14/h1-8,11H,9-10H2,(H,22,26)(H2,23,24,25,27). The summed E-state index contributed by atoms with van der Waals surface area (Å²) in [6.07, 6.45) is 0.0855. The Labute approximate surface area is 169 Å². The number of hydrogen-bond donors (Lipinski definition) is 3. The van der Waals surface area contributed by atoms with Gasteiger partial charge in [-0.15, -0.1) is 11.3 Å². The summed E-state index contributed by atoms with van der Waals surface area (Å²) in [5.74, 6) is -0.587. The highest BCUT2D eigenvalue weighted by Crippen LogP contribution is 2.17. The van der Waals surface area contributed by atoms with Crippen LogP contribution in [0.2, 0.25) is 5.02 Å². The molecule has 0 aliphatic carbocycles. The zero-order valence-corrected chi connectivity index (χ0v) is 16.1. The number of urea groups is 1. The normalized spacial score (nSPS) is 10.4. The molecular formula is C19H16ClFN4O2S. The van der Waals surface area contributed by atoms with Crippen LogP contribution < -0.4 is 16.0 Å². The first kappa shape index (κ1) is 19.8. The Bertz CT molecular complexity index is 978. The van der Waals surface area contributed by atoms with Gasteiger partial charge in [-0.05, 0) is 35.9 Å². The molecule has 28 heavy (non-hydrogen) atoms. The lowest BCUT2D eigenvalue weighted by atomic mass is 10.2. The molecular weight excluding hydrogens is 403 g/mol. The van der Waals surface area contributed by atoms with Crippen LogP contribution in [-0.4, -0.2) is 16.9 Å². The highest BCUT2D eigenvalue weighted by molar-refractivity contribution is 7.14. The summed E-state index contributed by atoms with van der Waals surface area (Å²) in [7, 11) is 0. The number of carbonyl (C=O) groups is 2. The summed E-state index contributed by atoms with van der Waals surface area (Å²) in [5, 5.41) is 10.6. The van der Waals surface area contributed by atoms with E-state index in [1.165, 1.54) is 35.6 Å². The van der Waals surface area contributed by atoms with Gasteiger partial charge >= 0.3 is 6.03 Å². The van der Waals surface area contributed by atoms with Crippen LogP contribution in [0.25, 0.3) is 0 Å². The van der Waals surface area contributed by atoms with Gasteiger partial charge in [-0.2, -0.15) is 0 Å². The Morgan fingerprint density at radius 2 is 1.82 bits per heavy atom.